The second kappa shape index (κ2) is 11.4. The summed E-state index contributed by atoms with van der Waals surface area (Å²) in [5.74, 6) is -0.893. The van der Waals surface area contributed by atoms with Gasteiger partial charge in [-0.3, -0.25) is 19.5 Å². The Hall–Kier alpha value is -2.52. The monoisotopic (exact) mass is 461 g/mol. The molecule has 1 aliphatic rings. The number of aryl methyl sites for hydroxylation is 1. The van der Waals surface area contributed by atoms with Gasteiger partial charge in [0.25, 0.3) is 0 Å². The molecule has 1 atom stereocenters. The molecule has 1 N–H and O–H groups in total. The van der Waals surface area contributed by atoms with Crippen molar-refractivity contribution in [3.8, 4) is 0 Å². The Morgan fingerprint density at radius 2 is 2.16 bits per heavy atom. The van der Waals surface area contributed by atoms with Crippen molar-refractivity contribution in [2.75, 3.05) is 25.4 Å². The van der Waals surface area contributed by atoms with Crippen molar-refractivity contribution in [1.29, 1.82) is 0 Å². The maximum Gasteiger partial charge on any atom is 0.235 e. The van der Waals surface area contributed by atoms with Gasteiger partial charge in [0.15, 0.2) is 15.6 Å². The molecule has 1 aliphatic heterocycles. The predicted molar refractivity (Wildman–Crippen MR) is 120 cm³/mol. The molecule has 0 radical (unpaired) electrons. The predicted octanol–water partition coefficient (Wildman–Crippen LogP) is 2.14. The number of carbonyl (C=O) groups is 2. The first-order valence-corrected chi connectivity index (χ1v) is 12.8. The lowest BCUT2D eigenvalue weighted by Gasteiger charge is -2.30. The maximum absolute atomic E-state index is 12.2. The lowest BCUT2D eigenvalue weighted by molar-refractivity contribution is -0.123. The number of hydrogen-bond acceptors (Lipinski definition) is 7. The standard InChI is InChI=1S/C23H31N3O5S/c1-18-4-2-10-26(14-18)15-19-8-9-24-20(12-19)6-7-21(27)13-25-23(28)17-32(29,30)16-22-5-3-11-31-22/h3,5,8-9,11-12,18H,2,4,6-7,10,13-17H2,1H3,(H,25,28). The summed E-state index contributed by atoms with van der Waals surface area (Å²) < 4.78 is 29.1. The van der Waals surface area contributed by atoms with Crippen LogP contribution in [0.4, 0.5) is 0 Å². The molecule has 2 aromatic heterocycles. The van der Waals surface area contributed by atoms with Gasteiger partial charge in [0.05, 0.1) is 12.8 Å². The highest BCUT2D eigenvalue weighted by Gasteiger charge is 2.19. The van der Waals surface area contributed by atoms with E-state index < -0.39 is 21.5 Å². The fourth-order valence-corrected chi connectivity index (χ4v) is 5.12. The number of hydrogen-bond donors (Lipinski definition) is 1. The van der Waals surface area contributed by atoms with E-state index in [1.165, 1.54) is 30.7 Å². The number of piperidine rings is 1. The summed E-state index contributed by atoms with van der Waals surface area (Å²) in [6.45, 7) is 5.18. The average molecular weight is 462 g/mol. The number of furan rings is 1. The van der Waals surface area contributed by atoms with Crippen LogP contribution in [0.1, 0.15) is 43.2 Å². The number of rotatable bonds is 11. The summed E-state index contributed by atoms with van der Waals surface area (Å²) >= 11 is 0. The highest BCUT2D eigenvalue weighted by atomic mass is 32.2. The molecule has 1 unspecified atom stereocenters. The number of aromatic nitrogens is 1. The largest absolute Gasteiger partial charge is 0.468 e. The van der Waals surface area contributed by atoms with Gasteiger partial charge >= 0.3 is 0 Å². The fraction of sp³-hybridized carbons (Fsp3) is 0.522. The molecule has 9 heteroatoms. The summed E-state index contributed by atoms with van der Waals surface area (Å²) in [5, 5.41) is 2.40. The molecular formula is C23H31N3O5S. The summed E-state index contributed by atoms with van der Waals surface area (Å²) in [6, 6.07) is 7.16. The van der Waals surface area contributed by atoms with E-state index in [9.17, 15) is 18.0 Å². The van der Waals surface area contributed by atoms with Crippen molar-refractivity contribution in [2.45, 2.75) is 44.9 Å². The third-order valence-electron chi connectivity index (χ3n) is 5.46. The van der Waals surface area contributed by atoms with Crippen molar-refractivity contribution in [3.05, 3.63) is 53.7 Å². The fourth-order valence-electron chi connectivity index (χ4n) is 3.92. The molecule has 1 amide bonds. The molecule has 1 fully saturated rings. The Labute approximate surface area is 189 Å². The normalized spacial score (nSPS) is 17.2. The van der Waals surface area contributed by atoms with Crippen LogP contribution >= 0.6 is 0 Å². The Kier molecular flexibility index (Phi) is 8.58. The van der Waals surface area contributed by atoms with Crippen LogP contribution in [0, 0.1) is 5.92 Å². The Morgan fingerprint density at radius 1 is 1.31 bits per heavy atom. The van der Waals surface area contributed by atoms with Gasteiger partial charge in [-0.1, -0.05) is 6.92 Å². The first-order valence-electron chi connectivity index (χ1n) is 11.0. The summed E-state index contributed by atoms with van der Waals surface area (Å²) in [7, 11) is -3.66. The minimum absolute atomic E-state index is 0.168. The first kappa shape index (κ1) is 24.1. The van der Waals surface area contributed by atoms with Crippen LogP contribution in [0.3, 0.4) is 0 Å². The lowest BCUT2D eigenvalue weighted by Crippen LogP contribution is -2.34. The maximum atomic E-state index is 12.2. The topological polar surface area (TPSA) is 110 Å². The van der Waals surface area contributed by atoms with E-state index in [4.69, 9.17) is 4.42 Å². The van der Waals surface area contributed by atoms with E-state index in [-0.39, 0.29) is 30.3 Å². The zero-order valence-corrected chi connectivity index (χ0v) is 19.3. The second-order valence-corrected chi connectivity index (χ2v) is 10.6. The van der Waals surface area contributed by atoms with Crippen LogP contribution < -0.4 is 5.32 Å². The number of Topliss-reactive ketones (excluding diaryl/α,β-unsaturated/α-hetero) is 1. The summed E-state index contributed by atoms with van der Waals surface area (Å²) in [4.78, 5) is 30.9. The molecule has 0 saturated carbocycles. The highest BCUT2D eigenvalue weighted by Crippen LogP contribution is 2.18. The van der Waals surface area contributed by atoms with Gasteiger partial charge in [-0.05, 0) is 61.6 Å². The van der Waals surface area contributed by atoms with Gasteiger partial charge < -0.3 is 9.73 Å². The Bertz CT molecular complexity index is 1000. The van der Waals surface area contributed by atoms with Crippen molar-refractivity contribution >= 4 is 21.5 Å². The first-order chi connectivity index (χ1) is 15.3. The van der Waals surface area contributed by atoms with Crippen LogP contribution in [0.15, 0.2) is 41.1 Å². The zero-order chi connectivity index (χ0) is 23.0. The molecule has 174 valence electrons. The Morgan fingerprint density at radius 3 is 2.91 bits per heavy atom. The van der Waals surface area contributed by atoms with E-state index in [1.807, 2.05) is 12.1 Å². The van der Waals surface area contributed by atoms with Crippen molar-refractivity contribution in [3.63, 3.8) is 0 Å². The van der Waals surface area contributed by atoms with Crippen LogP contribution in [0.25, 0.3) is 0 Å². The molecule has 0 aromatic carbocycles. The van der Waals surface area contributed by atoms with E-state index >= 15 is 0 Å². The number of amides is 1. The third-order valence-corrected chi connectivity index (χ3v) is 6.89. The average Bonchev–Trinajstić information content (AvgIpc) is 3.23. The summed E-state index contributed by atoms with van der Waals surface area (Å²) in [6.07, 6.45) is 6.37. The molecule has 0 spiro atoms. The quantitative estimate of drug-likeness (QED) is 0.546. The molecule has 1 saturated heterocycles. The van der Waals surface area contributed by atoms with Crippen molar-refractivity contribution in [1.82, 2.24) is 15.2 Å². The van der Waals surface area contributed by atoms with Gasteiger partial charge in [0.1, 0.15) is 17.3 Å². The van der Waals surface area contributed by atoms with E-state index in [1.54, 1.807) is 12.3 Å². The van der Waals surface area contributed by atoms with Crippen LogP contribution in [-0.2, 0) is 38.1 Å². The van der Waals surface area contributed by atoms with Gasteiger partial charge in [0, 0.05) is 31.4 Å². The second-order valence-electron chi connectivity index (χ2n) is 8.56. The van der Waals surface area contributed by atoms with Crippen LogP contribution in [0.2, 0.25) is 0 Å². The van der Waals surface area contributed by atoms with Crippen molar-refractivity contribution in [2.24, 2.45) is 5.92 Å². The number of carbonyl (C=O) groups excluding carboxylic acids is 2. The Balaban J connectivity index is 1.39. The minimum Gasteiger partial charge on any atom is -0.468 e. The van der Waals surface area contributed by atoms with Gasteiger partial charge in [-0.2, -0.15) is 0 Å². The molecule has 3 rings (SSSR count). The minimum atomic E-state index is -3.66. The van der Waals surface area contributed by atoms with Gasteiger partial charge in [0.2, 0.25) is 5.91 Å². The number of likely N-dealkylation sites (tertiary alicyclic amines) is 1. The number of nitrogens with zero attached hydrogens (tertiary/aromatic N) is 2. The third kappa shape index (κ3) is 8.20. The SMILES string of the molecule is CC1CCCN(Cc2ccnc(CCC(=O)CNC(=O)CS(=O)(=O)Cc3ccco3)c2)C1. The molecule has 0 bridgehead atoms. The molecule has 8 nitrogen and oxygen atoms in total. The molecule has 3 heterocycles. The number of pyridine rings is 1. The molecular weight excluding hydrogens is 430 g/mol. The van der Waals surface area contributed by atoms with E-state index in [2.05, 4.69) is 22.1 Å². The number of ketones is 1. The molecule has 32 heavy (non-hydrogen) atoms. The van der Waals surface area contributed by atoms with Crippen LogP contribution in [0.5, 0.6) is 0 Å². The molecule has 0 aliphatic carbocycles. The number of nitrogens with one attached hydrogen (secondary N) is 1. The van der Waals surface area contributed by atoms with E-state index in [0.29, 0.717) is 6.42 Å². The lowest BCUT2D eigenvalue weighted by atomic mass is 10.00. The molecule has 2 aromatic rings. The highest BCUT2D eigenvalue weighted by molar-refractivity contribution is 7.91. The zero-order valence-electron chi connectivity index (χ0n) is 18.5. The van der Waals surface area contributed by atoms with Crippen LogP contribution in [-0.4, -0.2) is 55.4 Å². The van der Waals surface area contributed by atoms with Gasteiger partial charge in [-0.15, -0.1) is 0 Å². The smallest absolute Gasteiger partial charge is 0.235 e. The van der Waals surface area contributed by atoms with Gasteiger partial charge in [-0.25, -0.2) is 8.42 Å². The van der Waals surface area contributed by atoms with E-state index in [0.717, 1.165) is 31.2 Å². The number of sulfone groups is 1. The van der Waals surface area contributed by atoms with Crippen molar-refractivity contribution < 1.29 is 22.4 Å². The summed E-state index contributed by atoms with van der Waals surface area (Å²) in [5.41, 5.74) is 2.03.